The van der Waals surface area contributed by atoms with Gasteiger partial charge in [0.2, 0.25) is 17.7 Å². The van der Waals surface area contributed by atoms with Crippen molar-refractivity contribution in [1.82, 2.24) is 15.5 Å². The van der Waals surface area contributed by atoms with Gasteiger partial charge in [-0.3, -0.25) is 14.4 Å². The van der Waals surface area contributed by atoms with Crippen LogP contribution in [-0.4, -0.2) is 69.6 Å². The molecule has 4 N–H and O–H groups in total. The molecule has 0 radical (unpaired) electrons. The molecule has 0 aromatic heterocycles. The van der Waals surface area contributed by atoms with Crippen LogP contribution < -0.4 is 10.6 Å². The van der Waals surface area contributed by atoms with E-state index in [1.165, 1.54) is 0 Å². The lowest BCUT2D eigenvalue weighted by atomic mass is 9.84. The van der Waals surface area contributed by atoms with Gasteiger partial charge >= 0.3 is 5.97 Å². The number of nitrogens with zero attached hydrogens (tertiary/aromatic N) is 1. The number of hydrogen-bond donors (Lipinski definition) is 4. The number of fused-ring (bicyclic) bond motifs is 1. The average Bonchev–Trinajstić information content (AvgIpc) is 3.56. The Balaban J connectivity index is 1.84. The lowest BCUT2D eigenvalue weighted by Gasteiger charge is -2.38. The van der Waals surface area contributed by atoms with Crippen LogP contribution in [0.4, 0.5) is 0 Å². The summed E-state index contributed by atoms with van der Waals surface area (Å²) in [5, 5.41) is 25.2. The van der Waals surface area contributed by atoms with E-state index in [0.29, 0.717) is 18.9 Å². The van der Waals surface area contributed by atoms with Gasteiger partial charge in [-0.1, -0.05) is 61.3 Å². The molecule has 192 valence electrons. The number of carbonyl (C=O) groups excluding carboxylic acids is 3. The Bertz CT molecular complexity index is 844. The smallest absolute Gasteiger partial charge is 0.334 e. The highest BCUT2D eigenvalue weighted by Gasteiger charge is 2.69. The van der Waals surface area contributed by atoms with Crippen LogP contribution in [0, 0.1) is 34.5 Å². The minimum Gasteiger partial charge on any atom is -0.479 e. The second-order valence-corrected chi connectivity index (χ2v) is 12.4. The third-order valence-corrected chi connectivity index (χ3v) is 7.93. The van der Waals surface area contributed by atoms with E-state index < -0.39 is 41.5 Å². The number of carboxylic acids is 1. The number of likely N-dealkylation sites (tertiary alicyclic amines) is 1. The number of aliphatic carboxylic acids is 1. The number of piperidine rings is 1. The second kappa shape index (κ2) is 9.13. The summed E-state index contributed by atoms with van der Waals surface area (Å²) >= 11 is 0. The van der Waals surface area contributed by atoms with Gasteiger partial charge in [-0.25, -0.2) is 4.79 Å². The topological polar surface area (TPSA) is 136 Å². The van der Waals surface area contributed by atoms with Crippen LogP contribution >= 0.6 is 0 Å². The molecule has 3 amide bonds. The first-order chi connectivity index (χ1) is 15.6. The number of carbonyl (C=O) groups is 4. The van der Waals surface area contributed by atoms with Crippen molar-refractivity contribution in [3.8, 4) is 0 Å². The molecule has 0 aromatic rings. The van der Waals surface area contributed by atoms with Gasteiger partial charge in [0.25, 0.3) is 0 Å². The lowest BCUT2D eigenvalue weighted by Crippen LogP contribution is -2.61. The van der Waals surface area contributed by atoms with Crippen LogP contribution in [-0.2, 0) is 19.2 Å². The van der Waals surface area contributed by atoms with E-state index in [4.69, 9.17) is 0 Å². The molecule has 9 heteroatoms. The number of carboxylic acid groups (broad SMARTS) is 1. The summed E-state index contributed by atoms with van der Waals surface area (Å²) in [5.74, 6) is -2.23. The Hall–Kier alpha value is -2.16. The average molecular weight is 480 g/mol. The molecular weight excluding hydrogens is 438 g/mol. The molecular formula is C25H41N3O6. The van der Waals surface area contributed by atoms with Crippen molar-refractivity contribution >= 4 is 23.7 Å². The highest BCUT2D eigenvalue weighted by molar-refractivity contribution is 5.94. The van der Waals surface area contributed by atoms with Gasteiger partial charge in [-0.05, 0) is 35.0 Å². The van der Waals surface area contributed by atoms with Crippen LogP contribution in [0.15, 0.2) is 0 Å². The first kappa shape index (κ1) is 26.4. The Morgan fingerprint density at radius 1 is 1.09 bits per heavy atom. The Morgan fingerprint density at radius 2 is 1.68 bits per heavy atom. The van der Waals surface area contributed by atoms with E-state index in [1.807, 2.05) is 20.8 Å². The second-order valence-electron chi connectivity index (χ2n) is 12.4. The Labute approximate surface area is 202 Å². The molecule has 0 aromatic carbocycles. The zero-order valence-electron chi connectivity index (χ0n) is 21.4. The van der Waals surface area contributed by atoms with Crippen molar-refractivity contribution in [1.29, 1.82) is 0 Å². The van der Waals surface area contributed by atoms with Crippen molar-refractivity contribution in [2.24, 2.45) is 34.5 Å². The highest BCUT2D eigenvalue weighted by Crippen LogP contribution is 2.65. The molecule has 3 aliphatic rings. The number of aliphatic hydroxyl groups excluding tert-OH is 1. The van der Waals surface area contributed by atoms with Crippen molar-refractivity contribution in [2.75, 3.05) is 6.54 Å². The quantitative estimate of drug-likeness (QED) is 0.395. The summed E-state index contributed by atoms with van der Waals surface area (Å²) in [6.45, 7) is 13.7. The molecule has 1 heterocycles. The largest absolute Gasteiger partial charge is 0.479 e. The summed E-state index contributed by atoms with van der Waals surface area (Å²) in [5.41, 5.74) is -0.687. The van der Waals surface area contributed by atoms with Crippen LogP contribution in [0.25, 0.3) is 0 Å². The molecule has 2 saturated carbocycles. The van der Waals surface area contributed by atoms with Gasteiger partial charge in [-0.15, -0.1) is 0 Å². The fourth-order valence-corrected chi connectivity index (χ4v) is 5.36. The number of amides is 3. The summed E-state index contributed by atoms with van der Waals surface area (Å²) in [6.07, 6.45) is 0.596. The van der Waals surface area contributed by atoms with Gasteiger partial charge in [0.15, 0.2) is 6.10 Å². The van der Waals surface area contributed by atoms with Crippen LogP contribution in [0.1, 0.15) is 67.7 Å². The molecule has 3 fully saturated rings. The van der Waals surface area contributed by atoms with Crippen LogP contribution in [0.3, 0.4) is 0 Å². The standard InChI is InChI=1S/C25H41N3O6/c1-12(2)20(30)27-19(24(3,4)5)22(32)28-11-14-16(25(14,6)7)17(28)21(31)26-15(10-13-8-9-13)18(29)23(33)34/h12-19,29H,8-11H2,1-7H3,(H,26,31)(H,27,30)(H,33,34)/t14-,15?,16-,17-,18?,19?/m0/s1. The summed E-state index contributed by atoms with van der Waals surface area (Å²) in [7, 11) is 0. The summed E-state index contributed by atoms with van der Waals surface area (Å²) in [4.78, 5) is 52.7. The Kier molecular flexibility index (Phi) is 7.10. The molecule has 2 aliphatic carbocycles. The van der Waals surface area contributed by atoms with Crippen molar-refractivity contribution in [2.45, 2.75) is 92.0 Å². The molecule has 34 heavy (non-hydrogen) atoms. The van der Waals surface area contributed by atoms with E-state index in [2.05, 4.69) is 24.5 Å². The monoisotopic (exact) mass is 479 g/mol. The maximum atomic E-state index is 13.7. The first-order valence-electron chi connectivity index (χ1n) is 12.4. The van der Waals surface area contributed by atoms with Gasteiger partial charge in [0, 0.05) is 12.5 Å². The molecule has 6 atom stereocenters. The third-order valence-electron chi connectivity index (χ3n) is 7.93. The SMILES string of the molecule is CC(C)C(=O)NC(C(=O)N1C[C@H]2[C@@H]([C@H]1C(=O)NC(CC1CC1)C(O)C(=O)O)C2(C)C)C(C)(C)C. The minimum atomic E-state index is -1.70. The molecule has 9 nitrogen and oxygen atoms in total. The van der Waals surface area contributed by atoms with E-state index in [0.717, 1.165) is 12.8 Å². The summed E-state index contributed by atoms with van der Waals surface area (Å²) in [6, 6.07) is -2.48. The van der Waals surface area contributed by atoms with Crippen LogP contribution in [0.5, 0.6) is 0 Å². The third kappa shape index (κ3) is 5.24. The number of nitrogens with one attached hydrogen (secondary N) is 2. The molecule has 0 bridgehead atoms. The number of rotatable bonds is 9. The number of hydrogen-bond acceptors (Lipinski definition) is 5. The fourth-order valence-electron chi connectivity index (χ4n) is 5.36. The predicted molar refractivity (Wildman–Crippen MR) is 125 cm³/mol. The van der Waals surface area contributed by atoms with Crippen molar-refractivity contribution in [3.63, 3.8) is 0 Å². The maximum absolute atomic E-state index is 13.7. The molecule has 1 aliphatic heterocycles. The zero-order valence-corrected chi connectivity index (χ0v) is 21.4. The molecule has 0 spiro atoms. The van der Waals surface area contributed by atoms with E-state index in [-0.39, 0.29) is 35.0 Å². The van der Waals surface area contributed by atoms with Gasteiger partial charge < -0.3 is 25.7 Å². The molecule has 3 rings (SSSR count). The van der Waals surface area contributed by atoms with Gasteiger partial charge in [0.05, 0.1) is 6.04 Å². The van der Waals surface area contributed by atoms with E-state index in [1.54, 1.807) is 18.7 Å². The number of aliphatic hydroxyl groups is 1. The van der Waals surface area contributed by atoms with Crippen molar-refractivity contribution < 1.29 is 29.4 Å². The first-order valence-corrected chi connectivity index (χ1v) is 12.4. The highest BCUT2D eigenvalue weighted by atomic mass is 16.4. The van der Waals surface area contributed by atoms with Crippen LogP contribution in [0.2, 0.25) is 0 Å². The lowest BCUT2D eigenvalue weighted by molar-refractivity contribution is -0.150. The van der Waals surface area contributed by atoms with Gasteiger partial charge in [-0.2, -0.15) is 0 Å². The molecule has 1 saturated heterocycles. The fraction of sp³-hybridized carbons (Fsp3) is 0.840. The van der Waals surface area contributed by atoms with Gasteiger partial charge in [0.1, 0.15) is 12.1 Å². The Morgan fingerprint density at radius 3 is 2.15 bits per heavy atom. The predicted octanol–water partition coefficient (Wildman–Crippen LogP) is 1.39. The normalized spacial score (nSPS) is 28.0. The zero-order chi connectivity index (χ0) is 25.7. The minimum absolute atomic E-state index is 0.0542. The summed E-state index contributed by atoms with van der Waals surface area (Å²) < 4.78 is 0. The van der Waals surface area contributed by atoms with Crippen molar-refractivity contribution in [3.05, 3.63) is 0 Å². The van der Waals surface area contributed by atoms with E-state index in [9.17, 15) is 29.4 Å². The van der Waals surface area contributed by atoms with E-state index >= 15 is 0 Å². The molecule has 3 unspecified atom stereocenters. The maximum Gasteiger partial charge on any atom is 0.334 e.